The number of nitrogens with two attached hydrogens (primary N) is 1. The SMILES string of the molecule is C=C(C)COc1ccc(CC(N)CC)cc1OCC. The lowest BCUT2D eigenvalue weighted by molar-refractivity contribution is 0.293. The lowest BCUT2D eigenvalue weighted by atomic mass is 10.0. The molecule has 1 aromatic carbocycles. The molecule has 3 nitrogen and oxygen atoms in total. The van der Waals surface area contributed by atoms with Crippen molar-refractivity contribution in [3.8, 4) is 11.5 Å². The maximum absolute atomic E-state index is 5.98. The molecule has 0 saturated heterocycles. The lowest BCUT2D eigenvalue weighted by Gasteiger charge is -2.15. The number of hydrogen-bond acceptors (Lipinski definition) is 3. The molecule has 0 aromatic heterocycles. The molecule has 0 aliphatic carbocycles. The van der Waals surface area contributed by atoms with Crippen molar-refractivity contribution in [2.45, 2.75) is 39.7 Å². The van der Waals surface area contributed by atoms with Crippen LogP contribution in [0, 0.1) is 0 Å². The van der Waals surface area contributed by atoms with Crippen molar-refractivity contribution in [2.24, 2.45) is 5.73 Å². The molecular weight excluding hydrogens is 238 g/mol. The third-order valence-electron chi connectivity index (χ3n) is 2.80. The third kappa shape index (κ3) is 5.35. The molecular formula is C16H25NO2. The van der Waals surface area contributed by atoms with E-state index in [4.69, 9.17) is 15.2 Å². The standard InChI is InChI=1S/C16H25NO2/c1-5-14(17)9-13-7-8-15(19-11-12(3)4)16(10-13)18-6-2/h7-8,10,14H,3,5-6,9,11,17H2,1-2,4H3. The van der Waals surface area contributed by atoms with Crippen LogP contribution >= 0.6 is 0 Å². The average Bonchev–Trinajstić information content (AvgIpc) is 2.38. The number of ether oxygens (including phenoxy) is 2. The maximum atomic E-state index is 5.98. The summed E-state index contributed by atoms with van der Waals surface area (Å²) < 4.78 is 11.3. The van der Waals surface area contributed by atoms with Crippen LogP contribution in [-0.2, 0) is 6.42 Å². The summed E-state index contributed by atoms with van der Waals surface area (Å²) in [6.07, 6.45) is 1.83. The summed E-state index contributed by atoms with van der Waals surface area (Å²) in [6.45, 7) is 11.0. The summed E-state index contributed by atoms with van der Waals surface area (Å²) in [5.74, 6) is 1.54. The molecule has 0 radical (unpaired) electrons. The highest BCUT2D eigenvalue weighted by atomic mass is 16.5. The highest BCUT2D eigenvalue weighted by Crippen LogP contribution is 2.29. The Balaban J connectivity index is 2.83. The van der Waals surface area contributed by atoms with Gasteiger partial charge in [-0.15, -0.1) is 0 Å². The van der Waals surface area contributed by atoms with E-state index in [9.17, 15) is 0 Å². The van der Waals surface area contributed by atoms with Crippen molar-refractivity contribution in [2.75, 3.05) is 13.2 Å². The molecule has 1 rings (SSSR count). The van der Waals surface area contributed by atoms with Gasteiger partial charge < -0.3 is 15.2 Å². The molecule has 0 aliphatic rings. The van der Waals surface area contributed by atoms with Gasteiger partial charge in [0.2, 0.25) is 0 Å². The van der Waals surface area contributed by atoms with E-state index in [-0.39, 0.29) is 6.04 Å². The fourth-order valence-electron chi connectivity index (χ4n) is 1.72. The van der Waals surface area contributed by atoms with Crippen LogP contribution in [0.25, 0.3) is 0 Å². The van der Waals surface area contributed by atoms with Crippen LogP contribution in [0.5, 0.6) is 11.5 Å². The zero-order valence-corrected chi connectivity index (χ0v) is 12.2. The van der Waals surface area contributed by atoms with E-state index >= 15 is 0 Å². The molecule has 0 aliphatic heterocycles. The Labute approximate surface area is 116 Å². The predicted octanol–water partition coefficient (Wildman–Crippen LogP) is 3.32. The van der Waals surface area contributed by atoms with Crippen LogP contribution < -0.4 is 15.2 Å². The van der Waals surface area contributed by atoms with Gasteiger partial charge in [0.1, 0.15) is 6.61 Å². The molecule has 0 bridgehead atoms. The van der Waals surface area contributed by atoms with Gasteiger partial charge in [0, 0.05) is 6.04 Å². The molecule has 3 heteroatoms. The second kappa shape index (κ2) is 7.85. The van der Waals surface area contributed by atoms with Crippen LogP contribution in [0.1, 0.15) is 32.8 Å². The predicted molar refractivity (Wildman–Crippen MR) is 79.9 cm³/mol. The first kappa shape index (κ1) is 15.6. The normalized spacial score (nSPS) is 12.0. The molecule has 1 atom stereocenters. The molecule has 0 amide bonds. The molecule has 0 heterocycles. The molecule has 0 spiro atoms. The zero-order chi connectivity index (χ0) is 14.3. The number of benzene rings is 1. The van der Waals surface area contributed by atoms with E-state index in [1.807, 2.05) is 32.0 Å². The first-order valence-electron chi connectivity index (χ1n) is 6.85. The van der Waals surface area contributed by atoms with Gasteiger partial charge in [-0.05, 0) is 50.0 Å². The second-order valence-electron chi connectivity index (χ2n) is 4.83. The van der Waals surface area contributed by atoms with Gasteiger partial charge in [-0.25, -0.2) is 0 Å². The molecule has 19 heavy (non-hydrogen) atoms. The van der Waals surface area contributed by atoms with Gasteiger partial charge in [0.05, 0.1) is 6.61 Å². The summed E-state index contributed by atoms with van der Waals surface area (Å²) in [5.41, 5.74) is 8.15. The van der Waals surface area contributed by atoms with E-state index in [1.165, 1.54) is 5.56 Å². The Kier molecular flexibility index (Phi) is 6.43. The van der Waals surface area contributed by atoms with E-state index < -0.39 is 0 Å². The van der Waals surface area contributed by atoms with E-state index in [2.05, 4.69) is 13.5 Å². The minimum absolute atomic E-state index is 0.191. The Bertz CT molecular complexity index is 415. The second-order valence-corrected chi connectivity index (χ2v) is 4.83. The molecule has 1 aromatic rings. The fourth-order valence-corrected chi connectivity index (χ4v) is 1.72. The minimum atomic E-state index is 0.191. The molecule has 1 unspecified atom stereocenters. The zero-order valence-electron chi connectivity index (χ0n) is 12.2. The van der Waals surface area contributed by atoms with Crippen LogP contribution in [0.2, 0.25) is 0 Å². The number of hydrogen-bond donors (Lipinski definition) is 1. The third-order valence-corrected chi connectivity index (χ3v) is 2.80. The number of rotatable bonds is 8. The van der Waals surface area contributed by atoms with Crippen molar-refractivity contribution in [1.29, 1.82) is 0 Å². The van der Waals surface area contributed by atoms with Gasteiger partial charge >= 0.3 is 0 Å². The van der Waals surface area contributed by atoms with Crippen LogP contribution in [0.15, 0.2) is 30.4 Å². The highest BCUT2D eigenvalue weighted by Gasteiger charge is 2.08. The lowest BCUT2D eigenvalue weighted by Crippen LogP contribution is -2.21. The Hall–Kier alpha value is -1.48. The summed E-state index contributed by atoms with van der Waals surface area (Å²) >= 11 is 0. The topological polar surface area (TPSA) is 44.5 Å². The maximum Gasteiger partial charge on any atom is 0.161 e. The molecule has 2 N–H and O–H groups in total. The van der Waals surface area contributed by atoms with Crippen LogP contribution in [-0.4, -0.2) is 19.3 Å². The summed E-state index contributed by atoms with van der Waals surface area (Å²) in [5, 5.41) is 0. The molecule has 0 saturated carbocycles. The largest absolute Gasteiger partial charge is 0.490 e. The van der Waals surface area contributed by atoms with Crippen molar-refractivity contribution >= 4 is 0 Å². The minimum Gasteiger partial charge on any atom is -0.490 e. The van der Waals surface area contributed by atoms with Crippen molar-refractivity contribution in [1.82, 2.24) is 0 Å². The summed E-state index contributed by atoms with van der Waals surface area (Å²) in [4.78, 5) is 0. The summed E-state index contributed by atoms with van der Waals surface area (Å²) in [6, 6.07) is 6.21. The van der Waals surface area contributed by atoms with E-state index in [0.29, 0.717) is 13.2 Å². The van der Waals surface area contributed by atoms with Gasteiger partial charge in [0.25, 0.3) is 0 Å². The monoisotopic (exact) mass is 263 g/mol. The van der Waals surface area contributed by atoms with Crippen molar-refractivity contribution < 1.29 is 9.47 Å². The Morgan fingerprint density at radius 3 is 2.58 bits per heavy atom. The van der Waals surface area contributed by atoms with Crippen molar-refractivity contribution in [3.63, 3.8) is 0 Å². The van der Waals surface area contributed by atoms with Gasteiger partial charge in [-0.3, -0.25) is 0 Å². The highest BCUT2D eigenvalue weighted by molar-refractivity contribution is 5.43. The van der Waals surface area contributed by atoms with Crippen molar-refractivity contribution in [3.05, 3.63) is 35.9 Å². The van der Waals surface area contributed by atoms with Crippen LogP contribution in [0.4, 0.5) is 0 Å². The first-order valence-corrected chi connectivity index (χ1v) is 6.85. The molecule has 106 valence electrons. The summed E-state index contributed by atoms with van der Waals surface area (Å²) in [7, 11) is 0. The average molecular weight is 263 g/mol. The Morgan fingerprint density at radius 1 is 1.26 bits per heavy atom. The van der Waals surface area contributed by atoms with Gasteiger partial charge in [-0.1, -0.05) is 19.6 Å². The molecule has 0 fully saturated rings. The Morgan fingerprint density at radius 2 is 2.00 bits per heavy atom. The van der Waals surface area contributed by atoms with E-state index in [1.54, 1.807) is 0 Å². The quantitative estimate of drug-likeness (QED) is 0.732. The fraction of sp³-hybridized carbons (Fsp3) is 0.500. The smallest absolute Gasteiger partial charge is 0.161 e. The van der Waals surface area contributed by atoms with E-state index in [0.717, 1.165) is 29.9 Å². The van der Waals surface area contributed by atoms with Gasteiger partial charge in [-0.2, -0.15) is 0 Å². The van der Waals surface area contributed by atoms with Crippen LogP contribution in [0.3, 0.4) is 0 Å². The van der Waals surface area contributed by atoms with Gasteiger partial charge in [0.15, 0.2) is 11.5 Å². The first-order chi connectivity index (χ1) is 9.06.